The van der Waals surface area contributed by atoms with Crippen LogP contribution in [0.15, 0.2) is 47.1 Å². The maximum absolute atomic E-state index is 12.2. The predicted octanol–water partition coefficient (Wildman–Crippen LogP) is 2.66. The highest BCUT2D eigenvalue weighted by Gasteiger charge is 2.23. The van der Waals surface area contributed by atoms with Gasteiger partial charge in [-0.1, -0.05) is 23.7 Å². The van der Waals surface area contributed by atoms with E-state index in [1.165, 1.54) is 12.3 Å². The minimum Gasteiger partial charge on any atom is -0.480 e. The van der Waals surface area contributed by atoms with Crippen LogP contribution in [0.25, 0.3) is 0 Å². The van der Waals surface area contributed by atoms with E-state index in [2.05, 4.69) is 0 Å². The molecule has 1 aromatic carbocycles. The van der Waals surface area contributed by atoms with Gasteiger partial charge in [-0.05, 0) is 24.3 Å². The van der Waals surface area contributed by atoms with Crippen molar-refractivity contribution in [1.29, 1.82) is 0 Å². The Hall–Kier alpha value is -2.27. The van der Waals surface area contributed by atoms with Crippen LogP contribution >= 0.6 is 11.6 Å². The molecule has 1 N–H and O–H groups in total. The van der Waals surface area contributed by atoms with Gasteiger partial charge in [0.15, 0.2) is 5.76 Å². The zero-order valence-electron chi connectivity index (χ0n) is 9.75. The van der Waals surface area contributed by atoms with Crippen LogP contribution in [0.3, 0.4) is 0 Å². The van der Waals surface area contributed by atoms with E-state index < -0.39 is 18.4 Å². The van der Waals surface area contributed by atoms with E-state index in [4.69, 9.17) is 21.1 Å². The van der Waals surface area contributed by atoms with Gasteiger partial charge >= 0.3 is 5.97 Å². The molecule has 0 spiro atoms. The molecule has 0 saturated heterocycles. The Morgan fingerprint density at radius 3 is 2.53 bits per heavy atom. The number of furan rings is 1. The number of rotatable bonds is 4. The number of para-hydroxylation sites is 1. The molecule has 19 heavy (non-hydrogen) atoms. The zero-order chi connectivity index (χ0) is 13.8. The molecule has 2 rings (SSSR count). The summed E-state index contributed by atoms with van der Waals surface area (Å²) in [6.07, 6.45) is 1.35. The first-order valence-electron chi connectivity index (χ1n) is 5.41. The van der Waals surface area contributed by atoms with Gasteiger partial charge in [0.2, 0.25) is 0 Å². The second kappa shape index (κ2) is 5.58. The molecule has 98 valence electrons. The fraction of sp³-hybridized carbons (Fsp3) is 0.0769. The van der Waals surface area contributed by atoms with Crippen LogP contribution in [0, 0.1) is 0 Å². The molecular formula is C13H10ClNO4. The van der Waals surface area contributed by atoms with E-state index in [0.717, 1.165) is 4.90 Å². The highest BCUT2D eigenvalue weighted by atomic mass is 35.5. The first-order chi connectivity index (χ1) is 9.09. The molecule has 1 heterocycles. The van der Waals surface area contributed by atoms with E-state index in [0.29, 0.717) is 10.7 Å². The number of aliphatic carboxylic acids is 1. The van der Waals surface area contributed by atoms with E-state index >= 15 is 0 Å². The molecule has 0 aliphatic heterocycles. The minimum atomic E-state index is -1.14. The van der Waals surface area contributed by atoms with Crippen molar-refractivity contribution in [3.8, 4) is 0 Å². The van der Waals surface area contributed by atoms with Gasteiger partial charge in [-0.3, -0.25) is 14.5 Å². The Bertz CT molecular complexity index is 594. The molecule has 2 aromatic rings. The highest BCUT2D eigenvalue weighted by Crippen LogP contribution is 2.26. The monoisotopic (exact) mass is 279 g/mol. The fourth-order valence-electron chi connectivity index (χ4n) is 1.61. The Morgan fingerprint density at radius 2 is 1.95 bits per heavy atom. The van der Waals surface area contributed by atoms with Crippen molar-refractivity contribution < 1.29 is 19.1 Å². The van der Waals surface area contributed by atoms with Gasteiger partial charge in [-0.15, -0.1) is 0 Å². The summed E-state index contributed by atoms with van der Waals surface area (Å²) in [5.74, 6) is -1.64. The van der Waals surface area contributed by atoms with Gasteiger partial charge in [0.25, 0.3) is 5.91 Å². The number of amides is 1. The first-order valence-corrected chi connectivity index (χ1v) is 5.79. The van der Waals surface area contributed by atoms with Crippen molar-refractivity contribution >= 4 is 29.2 Å². The summed E-state index contributed by atoms with van der Waals surface area (Å²) in [5, 5.41) is 9.21. The Morgan fingerprint density at radius 1 is 1.21 bits per heavy atom. The van der Waals surface area contributed by atoms with Gasteiger partial charge < -0.3 is 9.52 Å². The maximum Gasteiger partial charge on any atom is 0.323 e. The van der Waals surface area contributed by atoms with Gasteiger partial charge in [-0.25, -0.2) is 0 Å². The highest BCUT2D eigenvalue weighted by molar-refractivity contribution is 6.34. The molecule has 6 heteroatoms. The second-order valence-electron chi connectivity index (χ2n) is 3.71. The number of carboxylic acid groups (broad SMARTS) is 1. The third-order valence-electron chi connectivity index (χ3n) is 2.41. The van der Waals surface area contributed by atoms with Gasteiger partial charge in [0.1, 0.15) is 6.54 Å². The van der Waals surface area contributed by atoms with Crippen LogP contribution in [0.4, 0.5) is 5.69 Å². The summed E-state index contributed by atoms with van der Waals surface area (Å²) < 4.78 is 4.99. The standard InChI is InChI=1S/C13H10ClNO4/c14-9-4-1-2-5-10(9)15(8-12(16)17)13(18)11-6-3-7-19-11/h1-7H,8H2,(H,16,17). The lowest BCUT2D eigenvalue weighted by atomic mass is 10.2. The van der Waals surface area contributed by atoms with E-state index in [1.807, 2.05) is 0 Å². The fourth-order valence-corrected chi connectivity index (χ4v) is 1.84. The number of hydrogen-bond donors (Lipinski definition) is 1. The quantitative estimate of drug-likeness (QED) is 0.934. The molecule has 1 amide bonds. The first kappa shape index (κ1) is 13.2. The molecule has 1 aromatic heterocycles. The van der Waals surface area contributed by atoms with Gasteiger partial charge in [-0.2, -0.15) is 0 Å². The molecule has 0 atom stereocenters. The average Bonchev–Trinajstić information content (AvgIpc) is 2.90. The number of anilines is 1. The third kappa shape index (κ3) is 2.95. The Labute approximate surface area is 114 Å². The largest absolute Gasteiger partial charge is 0.480 e. The molecule has 0 unspecified atom stereocenters. The molecular weight excluding hydrogens is 270 g/mol. The molecule has 0 radical (unpaired) electrons. The SMILES string of the molecule is O=C(O)CN(C(=O)c1ccco1)c1ccccc1Cl. The van der Waals surface area contributed by atoms with Crippen molar-refractivity contribution in [2.24, 2.45) is 0 Å². The lowest BCUT2D eigenvalue weighted by molar-refractivity contribution is -0.135. The van der Waals surface area contributed by atoms with Crippen molar-refractivity contribution in [3.05, 3.63) is 53.4 Å². The summed E-state index contributed by atoms with van der Waals surface area (Å²) >= 11 is 5.99. The topological polar surface area (TPSA) is 70.8 Å². The summed E-state index contributed by atoms with van der Waals surface area (Å²) in [6.45, 7) is -0.497. The van der Waals surface area contributed by atoms with E-state index in [9.17, 15) is 9.59 Å². The number of carbonyl (C=O) groups excluding carboxylic acids is 1. The summed E-state index contributed by atoms with van der Waals surface area (Å²) in [7, 11) is 0. The van der Waals surface area contributed by atoms with Crippen LogP contribution < -0.4 is 4.90 Å². The summed E-state index contributed by atoms with van der Waals surface area (Å²) in [5.41, 5.74) is 0.327. The van der Waals surface area contributed by atoms with Gasteiger partial charge in [0.05, 0.1) is 17.0 Å². The van der Waals surface area contributed by atoms with Gasteiger partial charge in [0, 0.05) is 0 Å². The van der Waals surface area contributed by atoms with E-state index in [-0.39, 0.29) is 5.76 Å². The van der Waals surface area contributed by atoms with Crippen LogP contribution in [-0.4, -0.2) is 23.5 Å². The summed E-state index contributed by atoms with van der Waals surface area (Å²) in [6, 6.07) is 9.55. The maximum atomic E-state index is 12.2. The molecule has 0 aliphatic carbocycles. The van der Waals surface area contributed by atoms with Crippen molar-refractivity contribution in [1.82, 2.24) is 0 Å². The third-order valence-corrected chi connectivity index (χ3v) is 2.73. The van der Waals surface area contributed by atoms with Crippen molar-refractivity contribution in [2.75, 3.05) is 11.4 Å². The lowest BCUT2D eigenvalue weighted by Crippen LogP contribution is -2.35. The molecule has 0 bridgehead atoms. The molecule has 0 aliphatic rings. The lowest BCUT2D eigenvalue weighted by Gasteiger charge is -2.20. The number of carboxylic acids is 1. The number of carbonyl (C=O) groups is 2. The van der Waals surface area contributed by atoms with Crippen molar-refractivity contribution in [3.63, 3.8) is 0 Å². The summed E-state index contributed by atoms with van der Waals surface area (Å²) in [4.78, 5) is 24.2. The second-order valence-corrected chi connectivity index (χ2v) is 4.12. The van der Waals surface area contributed by atoms with Crippen LogP contribution in [0.2, 0.25) is 5.02 Å². The van der Waals surface area contributed by atoms with Crippen LogP contribution in [0.1, 0.15) is 10.6 Å². The van der Waals surface area contributed by atoms with Crippen LogP contribution in [0.5, 0.6) is 0 Å². The smallest absolute Gasteiger partial charge is 0.323 e. The van der Waals surface area contributed by atoms with Crippen molar-refractivity contribution in [2.45, 2.75) is 0 Å². The number of halogens is 1. The zero-order valence-corrected chi connectivity index (χ0v) is 10.5. The normalized spacial score (nSPS) is 10.2. The number of nitrogens with zero attached hydrogens (tertiary/aromatic N) is 1. The number of hydrogen-bond acceptors (Lipinski definition) is 3. The molecule has 5 nitrogen and oxygen atoms in total. The molecule has 0 saturated carbocycles. The minimum absolute atomic E-state index is 0.0566. The number of benzene rings is 1. The van der Waals surface area contributed by atoms with E-state index in [1.54, 1.807) is 30.3 Å². The predicted molar refractivity (Wildman–Crippen MR) is 69.5 cm³/mol. The average molecular weight is 280 g/mol. The Kier molecular flexibility index (Phi) is 3.87. The Balaban J connectivity index is 2.39. The molecule has 0 fully saturated rings. The van der Waals surface area contributed by atoms with Crippen LogP contribution in [-0.2, 0) is 4.79 Å².